The van der Waals surface area contributed by atoms with Crippen molar-refractivity contribution < 1.29 is 19.8 Å². The van der Waals surface area contributed by atoms with Crippen LogP contribution in [0.1, 0.15) is 20.3 Å². The minimum atomic E-state index is -0.938. The number of amides is 1. The predicted octanol–water partition coefficient (Wildman–Crippen LogP) is -1.07. The summed E-state index contributed by atoms with van der Waals surface area (Å²) in [7, 11) is 0. The molecule has 0 aromatic rings. The van der Waals surface area contributed by atoms with E-state index in [1.807, 2.05) is 0 Å². The van der Waals surface area contributed by atoms with Crippen molar-refractivity contribution in [3.05, 3.63) is 0 Å². The lowest BCUT2D eigenvalue weighted by Crippen LogP contribution is -2.47. The molecule has 1 rings (SSSR count). The van der Waals surface area contributed by atoms with Crippen molar-refractivity contribution in [2.75, 3.05) is 6.54 Å². The molecule has 4 N–H and O–H groups in total. The molecule has 0 saturated carbocycles. The van der Waals surface area contributed by atoms with Gasteiger partial charge in [0.25, 0.3) is 0 Å². The fourth-order valence-corrected chi connectivity index (χ4v) is 1.58. The third-order valence-electron chi connectivity index (χ3n) is 2.93. The van der Waals surface area contributed by atoms with E-state index in [-0.39, 0.29) is 5.91 Å². The summed E-state index contributed by atoms with van der Waals surface area (Å²) in [4.78, 5) is 22.3. The maximum atomic E-state index is 11.7. The number of aliphatic hydroxyl groups is 1. The standard InChI is InChI=1S/C10H18N2O4/c1-5(10(15)16)6(2)12-9(14)8-3-7(13)4-11-8/h5-8,11,13H,3-4H2,1-2H3,(H,12,14)(H,15,16). The number of carboxylic acids is 1. The third-order valence-corrected chi connectivity index (χ3v) is 2.93. The topological polar surface area (TPSA) is 98.7 Å². The summed E-state index contributed by atoms with van der Waals surface area (Å²) in [5, 5.41) is 23.5. The van der Waals surface area contributed by atoms with Crippen LogP contribution in [0.5, 0.6) is 0 Å². The highest BCUT2D eigenvalue weighted by atomic mass is 16.4. The lowest BCUT2D eigenvalue weighted by Gasteiger charge is -2.20. The van der Waals surface area contributed by atoms with Crippen LogP contribution in [0.25, 0.3) is 0 Å². The number of carbonyl (C=O) groups excluding carboxylic acids is 1. The van der Waals surface area contributed by atoms with Gasteiger partial charge in [0.2, 0.25) is 5.91 Å². The van der Waals surface area contributed by atoms with Gasteiger partial charge in [-0.05, 0) is 20.3 Å². The van der Waals surface area contributed by atoms with E-state index in [4.69, 9.17) is 5.11 Å². The Morgan fingerprint density at radius 1 is 1.44 bits per heavy atom. The van der Waals surface area contributed by atoms with Crippen molar-refractivity contribution in [1.82, 2.24) is 10.6 Å². The van der Waals surface area contributed by atoms with Crippen molar-refractivity contribution in [3.8, 4) is 0 Å². The second kappa shape index (κ2) is 5.27. The second-order valence-corrected chi connectivity index (χ2v) is 4.27. The zero-order valence-corrected chi connectivity index (χ0v) is 9.43. The first kappa shape index (κ1) is 12.9. The molecule has 1 amide bonds. The number of hydrogen-bond donors (Lipinski definition) is 4. The number of nitrogens with one attached hydrogen (secondary N) is 2. The SMILES string of the molecule is CC(NC(=O)C1CC(O)CN1)C(C)C(=O)O. The molecule has 4 unspecified atom stereocenters. The van der Waals surface area contributed by atoms with E-state index in [1.165, 1.54) is 0 Å². The summed E-state index contributed by atoms with van der Waals surface area (Å²) in [5.41, 5.74) is 0. The first-order valence-electron chi connectivity index (χ1n) is 5.36. The number of carboxylic acid groups (broad SMARTS) is 1. The van der Waals surface area contributed by atoms with Crippen molar-refractivity contribution in [2.24, 2.45) is 5.92 Å². The first-order valence-corrected chi connectivity index (χ1v) is 5.36. The van der Waals surface area contributed by atoms with Gasteiger partial charge >= 0.3 is 5.97 Å². The van der Waals surface area contributed by atoms with Gasteiger partial charge in [-0.1, -0.05) is 0 Å². The van der Waals surface area contributed by atoms with E-state index in [0.717, 1.165) is 0 Å². The summed E-state index contributed by atoms with van der Waals surface area (Å²) in [5.74, 6) is -1.82. The first-order chi connectivity index (χ1) is 7.41. The maximum Gasteiger partial charge on any atom is 0.308 e. The monoisotopic (exact) mass is 230 g/mol. The number of hydrogen-bond acceptors (Lipinski definition) is 4. The molecule has 6 heteroatoms. The van der Waals surface area contributed by atoms with Crippen LogP contribution in [0.3, 0.4) is 0 Å². The Balaban J connectivity index is 2.42. The molecule has 0 aromatic heterocycles. The molecule has 1 aliphatic heterocycles. The van der Waals surface area contributed by atoms with Crippen LogP contribution < -0.4 is 10.6 Å². The molecular weight excluding hydrogens is 212 g/mol. The quantitative estimate of drug-likeness (QED) is 0.493. The van der Waals surface area contributed by atoms with Crippen molar-refractivity contribution in [3.63, 3.8) is 0 Å². The van der Waals surface area contributed by atoms with Gasteiger partial charge in [0.05, 0.1) is 18.1 Å². The molecule has 0 aromatic carbocycles. The van der Waals surface area contributed by atoms with Gasteiger partial charge in [-0.25, -0.2) is 0 Å². The zero-order valence-electron chi connectivity index (χ0n) is 9.43. The minimum absolute atomic E-state index is 0.253. The van der Waals surface area contributed by atoms with Crippen LogP contribution in [0, 0.1) is 5.92 Å². The Labute approximate surface area is 94.0 Å². The van der Waals surface area contributed by atoms with Gasteiger partial charge in [0, 0.05) is 12.6 Å². The van der Waals surface area contributed by atoms with Gasteiger partial charge in [0.15, 0.2) is 0 Å². The van der Waals surface area contributed by atoms with E-state index in [2.05, 4.69) is 10.6 Å². The predicted molar refractivity (Wildman–Crippen MR) is 56.8 cm³/mol. The fraction of sp³-hybridized carbons (Fsp3) is 0.800. The molecule has 16 heavy (non-hydrogen) atoms. The van der Waals surface area contributed by atoms with E-state index in [1.54, 1.807) is 13.8 Å². The normalized spacial score (nSPS) is 28.4. The van der Waals surface area contributed by atoms with Crippen LogP contribution in [0.4, 0.5) is 0 Å². The Bertz CT molecular complexity index is 282. The van der Waals surface area contributed by atoms with Crippen LogP contribution in [0.15, 0.2) is 0 Å². The maximum absolute atomic E-state index is 11.7. The molecule has 1 aliphatic rings. The minimum Gasteiger partial charge on any atom is -0.481 e. The Kier molecular flexibility index (Phi) is 4.26. The molecule has 0 spiro atoms. The molecule has 1 heterocycles. The summed E-state index contributed by atoms with van der Waals surface area (Å²) < 4.78 is 0. The molecule has 0 aliphatic carbocycles. The highest BCUT2D eigenvalue weighted by Crippen LogP contribution is 2.08. The molecule has 0 radical (unpaired) electrons. The summed E-state index contributed by atoms with van der Waals surface area (Å²) in [6.45, 7) is 3.60. The summed E-state index contributed by atoms with van der Waals surface area (Å²) in [6, 6.07) is -0.844. The van der Waals surface area contributed by atoms with Crippen molar-refractivity contribution >= 4 is 11.9 Å². The Morgan fingerprint density at radius 2 is 2.06 bits per heavy atom. The molecule has 0 bridgehead atoms. The smallest absolute Gasteiger partial charge is 0.308 e. The van der Waals surface area contributed by atoms with Crippen molar-refractivity contribution in [2.45, 2.75) is 38.5 Å². The molecule has 92 valence electrons. The van der Waals surface area contributed by atoms with E-state index in [0.29, 0.717) is 13.0 Å². The van der Waals surface area contributed by atoms with E-state index < -0.39 is 30.1 Å². The average Bonchev–Trinajstić information content (AvgIpc) is 2.63. The number of aliphatic carboxylic acids is 1. The number of carbonyl (C=O) groups is 2. The van der Waals surface area contributed by atoms with Crippen LogP contribution in [-0.2, 0) is 9.59 Å². The van der Waals surface area contributed by atoms with Gasteiger partial charge in [-0.3, -0.25) is 9.59 Å². The molecule has 4 atom stereocenters. The van der Waals surface area contributed by atoms with Crippen LogP contribution in [0.2, 0.25) is 0 Å². The zero-order chi connectivity index (χ0) is 12.3. The van der Waals surface area contributed by atoms with Crippen molar-refractivity contribution in [1.29, 1.82) is 0 Å². The number of β-amino-alcohol motifs (C(OH)–C–C–N with tert-alkyl or cyclic N) is 1. The Morgan fingerprint density at radius 3 is 2.50 bits per heavy atom. The molecule has 1 fully saturated rings. The summed E-state index contributed by atoms with van der Waals surface area (Å²) >= 11 is 0. The highest BCUT2D eigenvalue weighted by molar-refractivity contribution is 5.83. The average molecular weight is 230 g/mol. The third kappa shape index (κ3) is 3.18. The largest absolute Gasteiger partial charge is 0.481 e. The van der Waals surface area contributed by atoms with Crippen LogP contribution in [-0.4, -0.2) is 46.8 Å². The van der Waals surface area contributed by atoms with Gasteiger partial charge in [-0.2, -0.15) is 0 Å². The lowest BCUT2D eigenvalue weighted by atomic mass is 10.0. The second-order valence-electron chi connectivity index (χ2n) is 4.27. The molecular formula is C10H18N2O4. The lowest BCUT2D eigenvalue weighted by molar-refractivity contribution is -0.142. The van der Waals surface area contributed by atoms with E-state index >= 15 is 0 Å². The van der Waals surface area contributed by atoms with E-state index in [9.17, 15) is 14.7 Å². The number of aliphatic hydroxyl groups excluding tert-OH is 1. The Hall–Kier alpha value is -1.14. The van der Waals surface area contributed by atoms with Gasteiger partial charge in [-0.15, -0.1) is 0 Å². The fourth-order valence-electron chi connectivity index (χ4n) is 1.58. The molecule has 1 saturated heterocycles. The highest BCUT2D eigenvalue weighted by Gasteiger charge is 2.30. The summed E-state index contributed by atoms with van der Waals surface area (Å²) in [6.07, 6.45) is -0.122. The van der Waals surface area contributed by atoms with Crippen LogP contribution >= 0.6 is 0 Å². The van der Waals surface area contributed by atoms with Gasteiger partial charge < -0.3 is 20.8 Å². The number of rotatable bonds is 4. The van der Waals surface area contributed by atoms with Gasteiger partial charge in [0.1, 0.15) is 0 Å². The molecule has 6 nitrogen and oxygen atoms in total.